The van der Waals surface area contributed by atoms with Gasteiger partial charge in [0.05, 0.1) is 11.4 Å². The lowest BCUT2D eigenvalue weighted by molar-refractivity contribution is -0.113. The SMILES string of the molecule is O=C(Nc1ccc(SCc2nnnn2-c2ccccc2)cc1)/C(=C/c1cccc(Br)c1)NC(=O)c1ccccc1. The summed E-state index contributed by atoms with van der Waals surface area (Å²) in [5, 5.41) is 17.7. The molecule has 2 N–H and O–H groups in total. The number of amides is 2. The topological polar surface area (TPSA) is 102 Å². The maximum absolute atomic E-state index is 13.3. The summed E-state index contributed by atoms with van der Waals surface area (Å²) >= 11 is 5.03. The molecule has 0 unspecified atom stereocenters. The van der Waals surface area contributed by atoms with Crippen molar-refractivity contribution in [3.63, 3.8) is 0 Å². The molecule has 1 heterocycles. The van der Waals surface area contributed by atoms with Crippen LogP contribution in [0.4, 0.5) is 5.69 Å². The van der Waals surface area contributed by atoms with Crippen LogP contribution in [-0.4, -0.2) is 32.0 Å². The van der Waals surface area contributed by atoms with E-state index in [1.165, 1.54) is 0 Å². The van der Waals surface area contributed by atoms with Gasteiger partial charge in [0.2, 0.25) is 0 Å². The number of nitrogens with zero attached hydrogens (tertiary/aromatic N) is 4. The molecule has 0 aliphatic carbocycles. The number of benzene rings is 4. The number of tetrazole rings is 1. The molecule has 0 aliphatic rings. The summed E-state index contributed by atoms with van der Waals surface area (Å²) in [6, 6.07) is 33.4. The van der Waals surface area contributed by atoms with E-state index in [1.807, 2.05) is 84.9 Å². The van der Waals surface area contributed by atoms with Crippen molar-refractivity contribution in [1.82, 2.24) is 25.5 Å². The van der Waals surface area contributed by atoms with Crippen LogP contribution in [0, 0.1) is 0 Å². The highest BCUT2D eigenvalue weighted by Gasteiger charge is 2.15. The van der Waals surface area contributed by atoms with Crippen LogP contribution in [0.1, 0.15) is 21.7 Å². The van der Waals surface area contributed by atoms with E-state index in [9.17, 15) is 9.59 Å². The first-order valence-electron chi connectivity index (χ1n) is 12.3. The number of nitrogens with one attached hydrogen (secondary N) is 2. The van der Waals surface area contributed by atoms with Crippen LogP contribution >= 0.6 is 27.7 Å². The molecule has 5 aromatic rings. The van der Waals surface area contributed by atoms with Crippen molar-refractivity contribution in [3.8, 4) is 5.69 Å². The first-order valence-corrected chi connectivity index (χ1v) is 14.0. The number of rotatable bonds is 9. The van der Waals surface area contributed by atoms with Crippen molar-refractivity contribution in [1.29, 1.82) is 0 Å². The van der Waals surface area contributed by atoms with E-state index in [0.29, 0.717) is 17.0 Å². The third-order valence-corrected chi connectivity index (χ3v) is 7.20. The Morgan fingerprint density at radius 1 is 0.875 bits per heavy atom. The fraction of sp³-hybridized carbons (Fsp3) is 0.0333. The molecule has 1 aromatic heterocycles. The monoisotopic (exact) mass is 610 g/mol. The van der Waals surface area contributed by atoms with Gasteiger partial charge in [-0.25, -0.2) is 0 Å². The molecule has 0 atom stereocenters. The van der Waals surface area contributed by atoms with Gasteiger partial charge < -0.3 is 10.6 Å². The number of para-hydroxylation sites is 1. The average molecular weight is 612 g/mol. The van der Waals surface area contributed by atoms with Gasteiger partial charge in [-0.2, -0.15) is 4.68 Å². The Morgan fingerprint density at radius 3 is 2.33 bits per heavy atom. The van der Waals surface area contributed by atoms with Crippen molar-refractivity contribution in [2.75, 3.05) is 5.32 Å². The Labute approximate surface area is 243 Å². The number of thioether (sulfide) groups is 1. The third kappa shape index (κ3) is 7.10. The first kappa shape index (κ1) is 27.0. The van der Waals surface area contributed by atoms with Crippen LogP contribution in [0.2, 0.25) is 0 Å². The second-order valence-corrected chi connectivity index (χ2v) is 10.5. The maximum atomic E-state index is 13.3. The Kier molecular flexibility index (Phi) is 8.79. The smallest absolute Gasteiger partial charge is 0.272 e. The van der Waals surface area contributed by atoms with Crippen LogP contribution in [0.3, 0.4) is 0 Å². The Bertz CT molecular complexity index is 1640. The molecule has 0 bridgehead atoms. The van der Waals surface area contributed by atoms with Crippen molar-refractivity contribution in [2.24, 2.45) is 0 Å². The van der Waals surface area contributed by atoms with E-state index in [0.717, 1.165) is 26.4 Å². The number of carbonyl (C=O) groups is 2. The summed E-state index contributed by atoms with van der Waals surface area (Å²) in [6.07, 6.45) is 1.64. The first-order chi connectivity index (χ1) is 19.5. The largest absolute Gasteiger partial charge is 0.321 e. The molecule has 0 fully saturated rings. The fourth-order valence-corrected chi connectivity index (χ4v) is 4.97. The van der Waals surface area contributed by atoms with Gasteiger partial charge in [0.15, 0.2) is 5.82 Å². The van der Waals surface area contributed by atoms with Crippen LogP contribution < -0.4 is 10.6 Å². The quantitative estimate of drug-likeness (QED) is 0.154. The molecule has 8 nitrogen and oxygen atoms in total. The minimum atomic E-state index is -0.438. The molecule has 10 heteroatoms. The lowest BCUT2D eigenvalue weighted by Crippen LogP contribution is -2.30. The van der Waals surface area contributed by atoms with E-state index >= 15 is 0 Å². The number of carbonyl (C=O) groups excluding carboxylic acids is 2. The van der Waals surface area contributed by atoms with Crippen LogP contribution in [-0.2, 0) is 10.5 Å². The summed E-state index contributed by atoms with van der Waals surface area (Å²) in [5.74, 6) is 0.483. The highest BCUT2D eigenvalue weighted by atomic mass is 79.9. The summed E-state index contributed by atoms with van der Waals surface area (Å²) in [6.45, 7) is 0. The molecule has 0 radical (unpaired) electrons. The summed E-state index contributed by atoms with van der Waals surface area (Å²) in [4.78, 5) is 27.1. The maximum Gasteiger partial charge on any atom is 0.272 e. The van der Waals surface area contributed by atoms with Gasteiger partial charge in [-0.15, -0.1) is 16.9 Å². The minimum Gasteiger partial charge on any atom is -0.321 e. The Balaban J connectivity index is 1.27. The Hall–Kier alpha value is -4.54. The Morgan fingerprint density at radius 2 is 1.60 bits per heavy atom. The van der Waals surface area contributed by atoms with E-state index in [-0.39, 0.29) is 11.6 Å². The molecule has 0 aliphatic heterocycles. The third-order valence-electron chi connectivity index (χ3n) is 5.70. The predicted octanol–water partition coefficient (Wildman–Crippen LogP) is 6.13. The molecular formula is C30H23BrN6O2S. The fourth-order valence-electron chi connectivity index (χ4n) is 3.75. The molecule has 0 saturated heterocycles. The zero-order valence-electron chi connectivity index (χ0n) is 21.1. The van der Waals surface area contributed by atoms with Crippen LogP contribution in [0.15, 0.2) is 124 Å². The minimum absolute atomic E-state index is 0.123. The lowest BCUT2D eigenvalue weighted by Gasteiger charge is -2.12. The molecule has 5 rings (SSSR count). The molecule has 0 spiro atoms. The van der Waals surface area contributed by atoms with Gasteiger partial charge in [0.1, 0.15) is 5.70 Å². The second-order valence-electron chi connectivity index (χ2n) is 8.54. The second kappa shape index (κ2) is 13.0. The van der Waals surface area contributed by atoms with Crippen molar-refractivity contribution >= 4 is 51.3 Å². The molecule has 198 valence electrons. The van der Waals surface area contributed by atoms with Crippen molar-refractivity contribution in [2.45, 2.75) is 10.6 Å². The molecule has 0 saturated carbocycles. The van der Waals surface area contributed by atoms with Gasteiger partial charge in [-0.1, -0.05) is 64.5 Å². The zero-order chi connectivity index (χ0) is 27.7. The molecule has 40 heavy (non-hydrogen) atoms. The van der Waals surface area contributed by atoms with Gasteiger partial charge in [-0.3, -0.25) is 9.59 Å². The van der Waals surface area contributed by atoms with E-state index in [1.54, 1.807) is 46.8 Å². The van der Waals surface area contributed by atoms with Gasteiger partial charge in [0.25, 0.3) is 11.8 Å². The van der Waals surface area contributed by atoms with E-state index < -0.39 is 5.91 Å². The number of anilines is 1. The van der Waals surface area contributed by atoms with Gasteiger partial charge in [0, 0.05) is 20.6 Å². The molecular weight excluding hydrogens is 588 g/mol. The molecule has 4 aromatic carbocycles. The number of hydrogen-bond acceptors (Lipinski definition) is 6. The van der Waals surface area contributed by atoms with Crippen molar-refractivity contribution < 1.29 is 9.59 Å². The summed E-state index contributed by atoms with van der Waals surface area (Å²) in [7, 11) is 0. The standard InChI is InChI=1S/C30H23BrN6O2S/c31-23-11-7-8-21(18-23)19-27(33-29(38)22-9-3-1-4-10-22)30(39)32-24-14-16-26(17-15-24)40-20-28-34-35-36-37(28)25-12-5-2-6-13-25/h1-19H,20H2,(H,32,39)(H,33,38)/b27-19-. The normalized spacial score (nSPS) is 11.2. The highest BCUT2D eigenvalue weighted by molar-refractivity contribution is 9.10. The zero-order valence-corrected chi connectivity index (χ0v) is 23.5. The number of hydrogen-bond donors (Lipinski definition) is 2. The van der Waals surface area contributed by atoms with E-state index in [4.69, 9.17) is 0 Å². The summed E-state index contributed by atoms with van der Waals surface area (Å²) in [5.41, 5.74) is 2.83. The van der Waals surface area contributed by atoms with Crippen LogP contribution in [0.25, 0.3) is 11.8 Å². The predicted molar refractivity (Wildman–Crippen MR) is 160 cm³/mol. The molecule has 2 amide bonds. The van der Waals surface area contributed by atoms with Gasteiger partial charge in [-0.05, 0) is 82.7 Å². The summed E-state index contributed by atoms with van der Waals surface area (Å²) < 4.78 is 2.58. The lowest BCUT2D eigenvalue weighted by atomic mass is 10.1. The number of halogens is 1. The number of aromatic nitrogens is 4. The average Bonchev–Trinajstić information content (AvgIpc) is 3.46. The van der Waals surface area contributed by atoms with Gasteiger partial charge >= 0.3 is 0 Å². The van der Waals surface area contributed by atoms with E-state index in [2.05, 4.69) is 42.1 Å². The highest BCUT2D eigenvalue weighted by Crippen LogP contribution is 2.24. The van der Waals surface area contributed by atoms with Crippen LogP contribution in [0.5, 0.6) is 0 Å². The van der Waals surface area contributed by atoms with Crippen molar-refractivity contribution in [3.05, 3.63) is 136 Å².